The predicted octanol–water partition coefficient (Wildman–Crippen LogP) is 2.70. The molecule has 2 N–H and O–H groups in total. The Hall–Kier alpha value is -2.01. The van der Waals surface area contributed by atoms with E-state index in [0.29, 0.717) is 24.4 Å². The molecule has 2 rings (SSSR count). The molecular formula is C14H15ClN2O3. The van der Waals surface area contributed by atoms with Gasteiger partial charge in [-0.3, -0.25) is 4.79 Å². The minimum absolute atomic E-state index is 0.129. The van der Waals surface area contributed by atoms with Gasteiger partial charge in [0.1, 0.15) is 11.6 Å². The maximum atomic E-state index is 10.5. The highest BCUT2D eigenvalue weighted by atomic mass is 35.5. The molecule has 0 bridgehead atoms. The Morgan fingerprint density at radius 3 is 2.90 bits per heavy atom. The summed E-state index contributed by atoms with van der Waals surface area (Å²) in [5, 5.41) is 19.0. The number of hydrogen-bond donors (Lipinski definition) is 2. The van der Waals surface area contributed by atoms with Gasteiger partial charge in [0.2, 0.25) is 0 Å². The summed E-state index contributed by atoms with van der Waals surface area (Å²) in [6, 6.07) is 4.97. The molecule has 20 heavy (non-hydrogen) atoms. The van der Waals surface area contributed by atoms with Gasteiger partial charge in [0, 0.05) is 42.4 Å². The number of phenolic OH excluding ortho intramolecular Hbond substituents is 1. The van der Waals surface area contributed by atoms with Crippen LogP contribution >= 0.6 is 11.6 Å². The number of imidazole rings is 1. The van der Waals surface area contributed by atoms with E-state index >= 15 is 0 Å². The number of aromatic hydroxyl groups is 1. The molecule has 0 saturated heterocycles. The van der Waals surface area contributed by atoms with E-state index in [2.05, 4.69) is 4.98 Å². The van der Waals surface area contributed by atoms with Crippen molar-refractivity contribution in [3.63, 3.8) is 0 Å². The Bertz CT molecular complexity index is 610. The van der Waals surface area contributed by atoms with Crippen LogP contribution in [-0.2, 0) is 17.8 Å². The monoisotopic (exact) mass is 294 g/mol. The van der Waals surface area contributed by atoms with E-state index < -0.39 is 5.97 Å². The van der Waals surface area contributed by atoms with Crippen LogP contribution in [0.25, 0.3) is 0 Å². The lowest BCUT2D eigenvalue weighted by Crippen LogP contribution is -2.06. The van der Waals surface area contributed by atoms with Crippen molar-refractivity contribution >= 4 is 17.6 Å². The van der Waals surface area contributed by atoms with Crippen LogP contribution in [0.2, 0.25) is 5.02 Å². The molecule has 2 aromatic rings. The van der Waals surface area contributed by atoms with Crippen molar-refractivity contribution in [2.75, 3.05) is 0 Å². The first-order valence-electron chi connectivity index (χ1n) is 6.25. The molecule has 0 amide bonds. The summed E-state index contributed by atoms with van der Waals surface area (Å²) in [7, 11) is 0. The Morgan fingerprint density at radius 2 is 2.20 bits per heavy atom. The number of aryl methyl sites for hydroxylation is 1. The van der Waals surface area contributed by atoms with Crippen LogP contribution in [-0.4, -0.2) is 25.7 Å². The quantitative estimate of drug-likeness (QED) is 0.859. The maximum Gasteiger partial charge on any atom is 0.303 e. The molecule has 5 nitrogen and oxygen atoms in total. The minimum atomic E-state index is -0.804. The molecule has 0 unspecified atom stereocenters. The van der Waals surface area contributed by atoms with Gasteiger partial charge in [0.05, 0.1) is 0 Å². The Balaban J connectivity index is 2.06. The lowest BCUT2D eigenvalue weighted by Gasteiger charge is -2.08. The standard InChI is InChI=1S/C14H15ClN2O3/c15-11-4-3-10(12(18)9-11)8-13-16-5-7-17(13)6-1-2-14(19)20/h3-5,7,9,18H,1-2,6,8H2,(H,19,20). The van der Waals surface area contributed by atoms with Gasteiger partial charge in [0.25, 0.3) is 0 Å². The van der Waals surface area contributed by atoms with E-state index in [1.165, 1.54) is 6.07 Å². The average Bonchev–Trinajstić information content (AvgIpc) is 2.80. The number of carboxylic acids is 1. The van der Waals surface area contributed by atoms with Gasteiger partial charge in [-0.2, -0.15) is 0 Å². The van der Waals surface area contributed by atoms with Crippen LogP contribution in [0.1, 0.15) is 24.2 Å². The second-order valence-corrected chi connectivity index (χ2v) is 4.92. The number of phenols is 1. The summed E-state index contributed by atoms with van der Waals surface area (Å²) in [6.45, 7) is 0.593. The van der Waals surface area contributed by atoms with Crippen LogP contribution in [0, 0.1) is 0 Å². The van der Waals surface area contributed by atoms with Crippen molar-refractivity contribution in [2.24, 2.45) is 0 Å². The van der Waals surface area contributed by atoms with Crippen molar-refractivity contribution in [3.8, 4) is 5.75 Å². The highest BCUT2D eigenvalue weighted by molar-refractivity contribution is 6.30. The summed E-state index contributed by atoms with van der Waals surface area (Å²) in [6.07, 6.45) is 4.63. The number of aromatic nitrogens is 2. The fourth-order valence-electron chi connectivity index (χ4n) is 1.97. The van der Waals surface area contributed by atoms with Crippen LogP contribution in [0.4, 0.5) is 0 Å². The van der Waals surface area contributed by atoms with E-state index in [9.17, 15) is 9.90 Å². The number of rotatable bonds is 6. The van der Waals surface area contributed by atoms with Crippen molar-refractivity contribution < 1.29 is 15.0 Å². The van der Waals surface area contributed by atoms with Crippen LogP contribution < -0.4 is 0 Å². The molecule has 1 aromatic heterocycles. The molecule has 6 heteroatoms. The number of carbonyl (C=O) groups is 1. The summed E-state index contributed by atoms with van der Waals surface area (Å²) in [5.74, 6) is 0.118. The number of hydrogen-bond acceptors (Lipinski definition) is 3. The predicted molar refractivity (Wildman–Crippen MR) is 75.0 cm³/mol. The van der Waals surface area contributed by atoms with Gasteiger partial charge in [-0.1, -0.05) is 17.7 Å². The first kappa shape index (κ1) is 14.4. The molecule has 0 aliphatic carbocycles. The topological polar surface area (TPSA) is 75.3 Å². The van der Waals surface area contributed by atoms with Crippen LogP contribution in [0.5, 0.6) is 5.75 Å². The molecule has 106 valence electrons. The molecule has 0 saturated carbocycles. The summed E-state index contributed by atoms with van der Waals surface area (Å²) < 4.78 is 1.90. The largest absolute Gasteiger partial charge is 0.508 e. The fraction of sp³-hybridized carbons (Fsp3) is 0.286. The Kier molecular flexibility index (Phi) is 4.63. The van der Waals surface area contributed by atoms with Crippen molar-refractivity contribution in [1.29, 1.82) is 0 Å². The molecule has 0 fully saturated rings. The highest BCUT2D eigenvalue weighted by Gasteiger charge is 2.08. The summed E-state index contributed by atoms with van der Waals surface area (Å²) >= 11 is 5.79. The molecule has 1 heterocycles. The lowest BCUT2D eigenvalue weighted by molar-refractivity contribution is -0.137. The lowest BCUT2D eigenvalue weighted by atomic mass is 10.1. The van der Waals surface area contributed by atoms with Gasteiger partial charge in [-0.25, -0.2) is 4.98 Å². The van der Waals surface area contributed by atoms with Gasteiger partial charge in [-0.05, 0) is 18.6 Å². The second-order valence-electron chi connectivity index (χ2n) is 4.48. The van der Waals surface area contributed by atoms with Crippen molar-refractivity contribution in [1.82, 2.24) is 9.55 Å². The zero-order chi connectivity index (χ0) is 14.5. The van der Waals surface area contributed by atoms with Gasteiger partial charge >= 0.3 is 5.97 Å². The molecule has 0 aliphatic heterocycles. The van der Waals surface area contributed by atoms with E-state index in [4.69, 9.17) is 16.7 Å². The molecule has 0 atom stereocenters. The zero-order valence-electron chi connectivity index (χ0n) is 10.8. The second kappa shape index (κ2) is 6.43. The first-order valence-corrected chi connectivity index (χ1v) is 6.63. The third-order valence-corrected chi connectivity index (χ3v) is 3.22. The Morgan fingerprint density at radius 1 is 1.40 bits per heavy atom. The normalized spacial score (nSPS) is 10.7. The number of carboxylic acid groups (broad SMARTS) is 1. The summed E-state index contributed by atoms with van der Waals surface area (Å²) in [5.41, 5.74) is 0.736. The third kappa shape index (κ3) is 3.74. The zero-order valence-corrected chi connectivity index (χ0v) is 11.5. The molecule has 0 aliphatic rings. The minimum Gasteiger partial charge on any atom is -0.508 e. The number of nitrogens with zero attached hydrogens (tertiary/aromatic N) is 2. The van der Waals surface area contributed by atoms with Gasteiger partial charge < -0.3 is 14.8 Å². The molecular weight excluding hydrogens is 280 g/mol. The van der Waals surface area contributed by atoms with E-state index in [1.807, 2.05) is 10.8 Å². The number of aliphatic carboxylic acids is 1. The van der Waals surface area contributed by atoms with E-state index in [-0.39, 0.29) is 12.2 Å². The first-order chi connectivity index (χ1) is 9.56. The molecule has 1 aromatic carbocycles. The third-order valence-electron chi connectivity index (χ3n) is 2.99. The van der Waals surface area contributed by atoms with E-state index in [0.717, 1.165) is 11.4 Å². The van der Waals surface area contributed by atoms with Crippen LogP contribution in [0.15, 0.2) is 30.6 Å². The fourth-order valence-corrected chi connectivity index (χ4v) is 2.13. The molecule has 0 spiro atoms. The number of halogens is 1. The van der Waals surface area contributed by atoms with E-state index in [1.54, 1.807) is 18.3 Å². The average molecular weight is 295 g/mol. The SMILES string of the molecule is O=C(O)CCCn1ccnc1Cc1ccc(Cl)cc1O. The summed E-state index contributed by atoms with van der Waals surface area (Å²) in [4.78, 5) is 14.8. The van der Waals surface area contributed by atoms with Gasteiger partial charge in [-0.15, -0.1) is 0 Å². The maximum absolute atomic E-state index is 10.5. The Labute approximate surface area is 121 Å². The number of benzene rings is 1. The molecule has 0 radical (unpaired) electrons. The van der Waals surface area contributed by atoms with Crippen molar-refractivity contribution in [2.45, 2.75) is 25.8 Å². The van der Waals surface area contributed by atoms with Gasteiger partial charge in [0.15, 0.2) is 0 Å². The van der Waals surface area contributed by atoms with Crippen LogP contribution in [0.3, 0.4) is 0 Å². The smallest absolute Gasteiger partial charge is 0.303 e. The van der Waals surface area contributed by atoms with Crippen molar-refractivity contribution in [3.05, 3.63) is 47.0 Å². The highest BCUT2D eigenvalue weighted by Crippen LogP contribution is 2.24.